The van der Waals surface area contributed by atoms with Gasteiger partial charge in [0.1, 0.15) is 5.58 Å². The van der Waals surface area contributed by atoms with Crippen molar-refractivity contribution in [2.24, 2.45) is 0 Å². The van der Waals surface area contributed by atoms with Crippen molar-refractivity contribution in [3.63, 3.8) is 0 Å². The first-order chi connectivity index (χ1) is 13.7. The van der Waals surface area contributed by atoms with E-state index < -0.39 is 78.0 Å². The third-order valence-electron chi connectivity index (χ3n) is 3.70. The van der Waals surface area contributed by atoms with Gasteiger partial charge in [0.25, 0.3) is 10.0 Å². The van der Waals surface area contributed by atoms with Crippen LogP contribution < -0.4 is 10.2 Å². The first-order valence-corrected chi connectivity index (χ1v) is 8.91. The molecule has 0 aliphatic heterocycles. The second-order valence-corrected chi connectivity index (χ2v) is 7.31. The second-order valence-electron chi connectivity index (χ2n) is 5.69. The largest absolute Gasteiger partial charge is 0.451 e. The smallest absolute Gasteiger partial charge is 0.449 e. The summed E-state index contributed by atoms with van der Waals surface area (Å²) in [4.78, 5) is 9.69. The molecular weight excluding hydrogens is 454 g/mol. The molecule has 30 heavy (non-hydrogen) atoms. The van der Waals surface area contributed by atoms with E-state index in [0.717, 1.165) is 12.1 Å². The van der Waals surface area contributed by atoms with E-state index in [4.69, 9.17) is 0 Å². The van der Waals surface area contributed by atoms with Crippen LogP contribution in [0.3, 0.4) is 0 Å². The van der Waals surface area contributed by atoms with E-state index in [1.54, 1.807) is 0 Å². The predicted octanol–water partition coefficient (Wildman–Crippen LogP) is 4.31. The molecule has 2 aromatic carbocycles. The van der Waals surface area contributed by atoms with Crippen LogP contribution in [0.4, 0.5) is 40.8 Å². The van der Waals surface area contributed by atoms with Crippen LogP contribution in [0.25, 0.3) is 11.0 Å². The van der Waals surface area contributed by atoms with Crippen LogP contribution in [0.5, 0.6) is 0 Å². The van der Waals surface area contributed by atoms with Crippen molar-refractivity contribution >= 4 is 26.7 Å². The Morgan fingerprint density at radius 1 is 0.833 bits per heavy atom. The number of sulfonamides is 1. The Kier molecular flexibility index (Phi) is 5.00. The maximum atomic E-state index is 13.8. The van der Waals surface area contributed by atoms with Gasteiger partial charge in [-0.3, -0.25) is 9.52 Å². The van der Waals surface area contributed by atoms with Crippen LogP contribution in [0.2, 0.25) is 0 Å². The normalized spacial score (nSPS) is 12.4. The minimum Gasteiger partial charge on any atom is -0.451 e. The third kappa shape index (κ3) is 3.58. The number of anilines is 1. The average molecular weight is 459 g/mol. The van der Waals surface area contributed by atoms with E-state index in [0.29, 0.717) is 6.07 Å². The number of benzene rings is 2. The fourth-order valence-electron chi connectivity index (χ4n) is 2.39. The molecule has 1 aromatic heterocycles. The molecule has 14 heteroatoms. The Labute approximate surface area is 160 Å². The van der Waals surface area contributed by atoms with E-state index in [9.17, 15) is 48.3 Å². The number of fused-ring (bicyclic) bond motifs is 1. The van der Waals surface area contributed by atoms with Crippen molar-refractivity contribution in [3.8, 4) is 0 Å². The lowest BCUT2D eigenvalue weighted by Gasteiger charge is -2.12. The number of halogens is 8. The van der Waals surface area contributed by atoms with Crippen molar-refractivity contribution in [2.45, 2.75) is 11.1 Å². The van der Waals surface area contributed by atoms with Crippen molar-refractivity contribution in [1.29, 1.82) is 0 Å². The maximum Gasteiger partial charge on any atom is 0.449 e. The Hall–Kier alpha value is -3.16. The van der Waals surface area contributed by atoms with E-state index >= 15 is 0 Å². The van der Waals surface area contributed by atoms with Gasteiger partial charge in [0.15, 0.2) is 33.6 Å². The van der Waals surface area contributed by atoms with Gasteiger partial charge >= 0.3 is 6.18 Å². The summed E-state index contributed by atoms with van der Waals surface area (Å²) in [5, 5.41) is -0.555. The summed E-state index contributed by atoms with van der Waals surface area (Å²) in [6.07, 6.45) is -4.99. The van der Waals surface area contributed by atoms with E-state index in [1.807, 2.05) is 0 Å². The van der Waals surface area contributed by atoms with E-state index in [2.05, 4.69) is 4.42 Å². The van der Waals surface area contributed by atoms with Gasteiger partial charge in [-0.15, -0.1) is 0 Å². The lowest BCUT2D eigenvalue weighted by atomic mass is 10.2. The van der Waals surface area contributed by atoms with Crippen molar-refractivity contribution < 1.29 is 48.0 Å². The highest BCUT2D eigenvalue weighted by atomic mass is 32.2. The summed E-state index contributed by atoms with van der Waals surface area (Å²) in [6.45, 7) is 0. The second kappa shape index (κ2) is 6.97. The highest BCUT2D eigenvalue weighted by Crippen LogP contribution is 2.32. The monoisotopic (exact) mass is 459 g/mol. The lowest BCUT2D eigenvalue weighted by molar-refractivity contribution is -0.152. The third-order valence-corrected chi connectivity index (χ3v) is 5.10. The summed E-state index contributed by atoms with van der Waals surface area (Å²) in [5.41, 5.74) is -2.46. The molecule has 0 atom stereocenters. The molecule has 3 aromatic rings. The van der Waals surface area contributed by atoms with E-state index in [1.165, 1.54) is 4.72 Å². The van der Waals surface area contributed by atoms with E-state index in [-0.39, 0.29) is 6.07 Å². The van der Waals surface area contributed by atoms with Crippen LogP contribution in [0.1, 0.15) is 5.76 Å². The fraction of sp³-hybridized carbons (Fsp3) is 0.0625. The number of hydrogen-bond donors (Lipinski definition) is 1. The molecule has 0 saturated heterocycles. The summed E-state index contributed by atoms with van der Waals surface area (Å²) >= 11 is 0. The molecular formula is C16H5F8NO4S. The van der Waals surface area contributed by atoms with Gasteiger partial charge in [-0.25, -0.2) is 30.4 Å². The number of nitrogens with one attached hydrogen (secondary N) is 1. The van der Waals surface area contributed by atoms with Crippen molar-refractivity contribution in [1.82, 2.24) is 0 Å². The standard InChI is InChI=1S/C16H5F8NO4S/c17-10-11(18)13(20)15(14(21)12(10)19)30(27,28)25-5-1-2-8-6(3-5)7(26)4-9(29-8)16(22,23)24/h1-4,25H. The van der Waals surface area contributed by atoms with Crippen LogP contribution in [-0.2, 0) is 16.2 Å². The summed E-state index contributed by atoms with van der Waals surface area (Å²) in [5.74, 6) is -14.5. The molecule has 1 heterocycles. The predicted molar refractivity (Wildman–Crippen MR) is 84.5 cm³/mol. The molecule has 5 nitrogen and oxygen atoms in total. The first kappa shape index (κ1) is 21.5. The maximum absolute atomic E-state index is 13.8. The van der Waals surface area contributed by atoms with Gasteiger partial charge in [0, 0.05) is 11.8 Å². The van der Waals surface area contributed by atoms with Gasteiger partial charge in [0.2, 0.25) is 11.6 Å². The zero-order valence-corrected chi connectivity index (χ0v) is 14.7. The molecule has 0 saturated carbocycles. The van der Waals surface area contributed by atoms with Crippen molar-refractivity contribution in [3.05, 3.63) is 69.3 Å². The topological polar surface area (TPSA) is 76.4 Å². The Balaban J connectivity index is 2.11. The fourth-order valence-corrected chi connectivity index (χ4v) is 3.58. The molecule has 0 aliphatic carbocycles. The summed E-state index contributed by atoms with van der Waals surface area (Å²) in [7, 11) is -5.41. The quantitative estimate of drug-likeness (QED) is 0.360. The number of rotatable bonds is 3. The molecule has 0 spiro atoms. The highest BCUT2D eigenvalue weighted by Gasteiger charge is 2.35. The minimum absolute atomic E-state index is 0.0880. The summed E-state index contributed by atoms with van der Waals surface area (Å²) < 4.78 is 135. The number of hydrogen-bond acceptors (Lipinski definition) is 4. The number of alkyl halides is 3. The van der Waals surface area contributed by atoms with Gasteiger partial charge in [0.05, 0.1) is 5.39 Å². The van der Waals surface area contributed by atoms with Gasteiger partial charge < -0.3 is 4.42 Å². The van der Waals surface area contributed by atoms with Gasteiger partial charge in [-0.2, -0.15) is 13.2 Å². The molecule has 1 N–H and O–H groups in total. The molecule has 160 valence electrons. The zero-order valence-electron chi connectivity index (χ0n) is 13.9. The lowest BCUT2D eigenvalue weighted by Crippen LogP contribution is -2.19. The highest BCUT2D eigenvalue weighted by molar-refractivity contribution is 7.92. The van der Waals surface area contributed by atoms with Gasteiger partial charge in [-0.05, 0) is 18.2 Å². The molecule has 0 fully saturated rings. The summed E-state index contributed by atoms with van der Waals surface area (Å²) in [6, 6.07) is 2.23. The molecule has 0 amide bonds. The molecule has 0 radical (unpaired) electrons. The molecule has 0 aliphatic rings. The molecule has 0 bridgehead atoms. The van der Waals surface area contributed by atoms with Gasteiger partial charge in [-0.1, -0.05) is 0 Å². The Morgan fingerprint density at radius 2 is 1.37 bits per heavy atom. The Bertz CT molecular complexity index is 1320. The average Bonchev–Trinajstić information content (AvgIpc) is 2.64. The van der Waals surface area contributed by atoms with Crippen LogP contribution in [0, 0.1) is 29.1 Å². The SMILES string of the molecule is O=c1cc(C(F)(F)F)oc2ccc(NS(=O)(=O)c3c(F)c(F)c(F)c(F)c3F)cc12. The van der Waals surface area contributed by atoms with Crippen LogP contribution in [-0.4, -0.2) is 8.42 Å². The minimum atomic E-state index is -5.41. The molecule has 0 unspecified atom stereocenters. The zero-order chi connectivity index (χ0) is 22.6. The van der Waals surface area contributed by atoms with Crippen LogP contribution >= 0.6 is 0 Å². The first-order valence-electron chi connectivity index (χ1n) is 7.43. The Morgan fingerprint density at radius 3 is 1.90 bits per heavy atom. The van der Waals surface area contributed by atoms with Crippen LogP contribution in [0.15, 0.2) is 38.4 Å². The van der Waals surface area contributed by atoms with Crippen molar-refractivity contribution in [2.75, 3.05) is 4.72 Å². The molecule has 3 rings (SSSR count).